The minimum absolute atomic E-state index is 0.0166. The van der Waals surface area contributed by atoms with Gasteiger partial charge in [0.25, 0.3) is 10.0 Å². The zero-order chi connectivity index (χ0) is 28.8. The molecule has 0 aliphatic heterocycles. The lowest BCUT2D eigenvalue weighted by molar-refractivity contribution is -0.141. The van der Waals surface area contributed by atoms with Crippen LogP contribution in [0.1, 0.15) is 39.7 Å². The van der Waals surface area contributed by atoms with Crippen molar-refractivity contribution < 1.29 is 22.4 Å². The van der Waals surface area contributed by atoms with Crippen LogP contribution in [0.5, 0.6) is 0 Å². The number of carbonyl (C=O) groups is 2. The molecule has 1 N–H and O–H groups in total. The number of anilines is 1. The highest BCUT2D eigenvalue weighted by Gasteiger charge is 2.34. The molecule has 39 heavy (non-hydrogen) atoms. The van der Waals surface area contributed by atoms with Crippen LogP contribution in [0, 0.1) is 5.82 Å². The fourth-order valence-corrected chi connectivity index (χ4v) is 5.67. The molecule has 0 fully saturated rings. The minimum atomic E-state index is -4.22. The van der Waals surface area contributed by atoms with Crippen LogP contribution in [0.15, 0.2) is 83.8 Å². The highest BCUT2D eigenvalue weighted by Crippen LogP contribution is 2.26. The predicted octanol–water partition coefficient (Wildman–Crippen LogP) is 5.40. The first kappa shape index (κ1) is 30.1. The number of benzene rings is 3. The molecule has 10 heteroatoms. The summed E-state index contributed by atoms with van der Waals surface area (Å²) in [6, 6.07) is 18.6. The fourth-order valence-electron chi connectivity index (χ4n) is 4.04. The fraction of sp³-hybridized carbons (Fsp3) is 0.310. The zero-order valence-electron chi connectivity index (χ0n) is 22.4. The minimum Gasteiger partial charge on any atom is -0.350 e. The van der Waals surface area contributed by atoms with E-state index in [2.05, 4.69) is 5.32 Å². The third kappa shape index (κ3) is 7.80. The van der Waals surface area contributed by atoms with Gasteiger partial charge >= 0.3 is 0 Å². The highest BCUT2D eigenvalue weighted by atomic mass is 35.5. The molecule has 0 aliphatic carbocycles. The van der Waals surface area contributed by atoms with Crippen LogP contribution in [0.25, 0.3) is 0 Å². The smallest absolute Gasteiger partial charge is 0.264 e. The van der Waals surface area contributed by atoms with Gasteiger partial charge < -0.3 is 10.2 Å². The van der Waals surface area contributed by atoms with Gasteiger partial charge in [-0.2, -0.15) is 0 Å². The molecule has 0 bridgehead atoms. The van der Waals surface area contributed by atoms with Crippen molar-refractivity contribution in [2.45, 2.75) is 57.1 Å². The lowest BCUT2D eigenvalue weighted by atomic mass is 10.1. The first-order valence-electron chi connectivity index (χ1n) is 12.5. The number of carbonyl (C=O) groups excluding carboxylic acids is 2. The summed E-state index contributed by atoms with van der Waals surface area (Å²) in [5, 5.41) is 3.32. The molecule has 3 rings (SSSR count). The molecule has 0 heterocycles. The number of sulfonamides is 1. The topological polar surface area (TPSA) is 86.8 Å². The lowest BCUT2D eigenvalue weighted by Crippen LogP contribution is -2.55. The number of amides is 2. The molecule has 1 unspecified atom stereocenters. The molecular weight excluding hydrogens is 541 g/mol. The van der Waals surface area contributed by atoms with Crippen molar-refractivity contribution in [2.75, 3.05) is 10.8 Å². The van der Waals surface area contributed by atoms with Gasteiger partial charge in [0, 0.05) is 17.1 Å². The van der Waals surface area contributed by atoms with E-state index in [1.807, 2.05) is 20.8 Å². The van der Waals surface area contributed by atoms with E-state index in [1.54, 1.807) is 49.4 Å². The molecule has 0 saturated carbocycles. The Kier molecular flexibility index (Phi) is 9.74. The second kappa shape index (κ2) is 12.6. The molecule has 0 spiro atoms. The molecule has 0 aromatic heterocycles. The maximum atomic E-state index is 14.0. The average molecular weight is 574 g/mol. The summed E-state index contributed by atoms with van der Waals surface area (Å²) in [7, 11) is -4.22. The second-order valence-corrected chi connectivity index (χ2v) is 12.3. The van der Waals surface area contributed by atoms with Gasteiger partial charge in [-0.25, -0.2) is 12.8 Å². The van der Waals surface area contributed by atoms with Crippen molar-refractivity contribution in [3.8, 4) is 0 Å². The Balaban J connectivity index is 2.07. The second-order valence-electron chi connectivity index (χ2n) is 10.1. The normalized spacial score (nSPS) is 12.5. The Labute approximate surface area is 234 Å². The molecule has 0 aliphatic rings. The van der Waals surface area contributed by atoms with Crippen LogP contribution in [0.2, 0.25) is 5.02 Å². The summed E-state index contributed by atoms with van der Waals surface area (Å²) in [6.07, 6.45) is 0.278. The largest absolute Gasteiger partial charge is 0.350 e. The van der Waals surface area contributed by atoms with E-state index in [-0.39, 0.29) is 29.5 Å². The van der Waals surface area contributed by atoms with Gasteiger partial charge in [-0.15, -0.1) is 0 Å². The summed E-state index contributed by atoms with van der Waals surface area (Å²) in [4.78, 5) is 28.6. The Morgan fingerprint density at radius 2 is 1.54 bits per heavy atom. The number of hydrogen-bond acceptors (Lipinski definition) is 4. The molecule has 1 atom stereocenters. The van der Waals surface area contributed by atoms with Gasteiger partial charge in [-0.3, -0.25) is 13.9 Å². The van der Waals surface area contributed by atoms with Gasteiger partial charge in [-0.05, 0) is 75.2 Å². The van der Waals surface area contributed by atoms with Crippen molar-refractivity contribution in [3.05, 3.63) is 95.3 Å². The first-order chi connectivity index (χ1) is 18.3. The zero-order valence-corrected chi connectivity index (χ0v) is 24.0. The summed E-state index contributed by atoms with van der Waals surface area (Å²) in [5.41, 5.74) is 0.160. The number of halogens is 2. The molecule has 208 valence electrons. The monoisotopic (exact) mass is 573 g/mol. The van der Waals surface area contributed by atoms with E-state index >= 15 is 0 Å². The summed E-state index contributed by atoms with van der Waals surface area (Å²) >= 11 is 6.40. The summed E-state index contributed by atoms with van der Waals surface area (Å²) < 4.78 is 42.1. The van der Waals surface area contributed by atoms with E-state index in [4.69, 9.17) is 11.6 Å². The number of nitrogens with one attached hydrogen (secondary N) is 1. The molecule has 0 radical (unpaired) electrons. The highest BCUT2D eigenvalue weighted by molar-refractivity contribution is 7.92. The third-order valence-corrected chi connectivity index (χ3v) is 8.06. The van der Waals surface area contributed by atoms with Crippen molar-refractivity contribution in [2.24, 2.45) is 0 Å². The lowest BCUT2D eigenvalue weighted by Gasteiger charge is -2.35. The molecule has 7 nitrogen and oxygen atoms in total. The van der Waals surface area contributed by atoms with Crippen LogP contribution in [0.3, 0.4) is 0 Å². The van der Waals surface area contributed by atoms with Crippen LogP contribution in [-0.4, -0.2) is 43.3 Å². The van der Waals surface area contributed by atoms with Crippen molar-refractivity contribution >= 4 is 39.1 Å². The molecule has 3 aromatic rings. The van der Waals surface area contributed by atoms with E-state index in [0.29, 0.717) is 10.6 Å². The van der Waals surface area contributed by atoms with Crippen LogP contribution in [0.4, 0.5) is 10.1 Å². The Morgan fingerprint density at radius 3 is 2.10 bits per heavy atom. The maximum Gasteiger partial charge on any atom is 0.264 e. The van der Waals surface area contributed by atoms with Crippen molar-refractivity contribution in [1.29, 1.82) is 0 Å². The first-order valence-corrected chi connectivity index (χ1v) is 14.3. The van der Waals surface area contributed by atoms with Crippen LogP contribution >= 0.6 is 11.6 Å². The third-order valence-electron chi connectivity index (χ3n) is 5.91. The number of rotatable bonds is 10. The Bertz CT molecular complexity index is 1390. The van der Waals surface area contributed by atoms with E-state index < -0.39 is 39.9 Å². The van der Waals surface area contributed by atoms with Gasteiger partial charge in [-0.1, -0.05) is 54.9 Å². The number of hydrogen-bond donors (Lipinski definition) is 1. The van der Waals surface area contributed by atoms with Gasteiger partial charge in [0.15, 0.2) is 0 Å². The maximum absolute atomic E-state index is 14.0. The average Bonchev–Trinajstić information content (AvgIpc) is 2.88. The molecule has 3 aromatic carbocycles. The predicted molar refractivity (Wildman–Crippen MR) is 151 cm³/mol. The molecule has 0 saturated heterocycles. The molecular formula is C29H33ClFN3O4S. The molecule has 2 amide bonds. The van der Waals surface area contributed by atoms with Crippen LogP contribution in [-0.2, 0) is 26.2 Å². The Morgan fingerprint density at radius 1 is 0.949 bits per heavy atom. The van der Waals surface area contributed by atoms with Gasteiger partial charge in [0.1, 0.15) is 18.4 Å². The number of nitrogens with zero attached hydrogens (tertiary/aromatic N) is 2. The van der Waals surface area contributed by atoms with Crippen molar-refractivity contribution in [1.82, 2.24) is 10.2 Å². The van der Waals surface area contributed by atoms with Gasteiger partial charge in [0.2, 0.25) is 11.8 Å². The standard InChI is InChI=1S/C29H33ClFN3O4S/c1-5-26(28(36)32-29(2,3)4)33(19-21-11-9-10-14-25(21)30)27(35)20-34(23-17-15-22(31)16-18-23)39(37,38)24-12-7-6-8-13-24/h6-18,26H,5,19-20H2,1-4H3,(H,32,36). The summed E-state index contributed by atoms with van der Waals surface area (Å²) in [6.45, 7) is 6.64. The van der Waals surface area contributed by atoms with E-state index in [9.17, 15) is 22.4 Å². The van der Waals surface area contributed by atoms with E-state index in [0.717, 1.165) is 16.4 Å². The van der Waals surface area contributed by atoms with Gasteiger partial charge in [0.05, 0.1) is 10.6 Å². The Hall–Kier alpha value is -3.43. The SMILES string of the molecule is CCC(C(=O)NC(C)(C)C)N(Cc1ccccc1Cl)C(=O)CN(c1ccc(F)cc1)S(=O)(=O)c1ccccc1. The quantitative estimate of drug-likeness (QED) is 0.352. The van der Waals surface area contributed by atoms with E-state index in [1.165, 1.54) is 29.2 Å². The summed E-state index contributed by atoms with van der Waals surface area (Å²) in [5.74, 6) is -1.54. The van der Waals surface area contributed by atoms with Crippen molar-refractivity contribution in [3.63, 3.8) is 0 Å². The van der Waals surface area contributed by atoms with Crippen LogP contribution < -0.4 is 9.62 Å².